The number of ether oxygens (including phenoxy) is 6. The van der Waals surface area contributed by atoms with Crippen LogP contribution in [-0.4, -0.2) is 78.8 Å². The molecule has 0 aromatic rings. The molecule has 6 heteroatoms. The summed E-state index contributed by atoms with van der Waals surface area (Å²) in [6.07, 6.45) is 2.21. The molecular weight excluding hydrogens is 276 g/mol. The fourth-order valence-corrected chi connectivity index (χ4v) is 1.90. The van der Waals surface area contributed by atoms with Crippen molar-refractivity contribution in [2.75, 3.05) is 72.7 Å². The number of hydrogen-bond acceptors (Lipinski definition) is 6. The highest BCUT2D eigenvalue weighted by Gasteiger charge is 2.08. The molecule has 21 heavy (non-hydrogen) atoms. The second-order valence-corrected chi connectivity index (χ2v) is 4.81. The van der Waals surface area contributed by atoms with E-state index in [0.29, 0.717) is 72.7 Å². The van der Waals surface area contributed by atoms with Crippen LogP contribution in [0.15, 0.2) is 0 Å². The smallest absolute Gasteiger partial charge is 0.0809 e. The van der Waals surface area contributed by atoms with Gasteiger partial charge in [-0.15, -0.1) is 0 Å². The van der Waals surface area contributed by atoms with Crippen molar-refractivity contribution in [3.63, 3.8) is 0 Å². The third kappa shape index (κ3) is 12.0. The molecule has 126 valence electrons. The highest BCUT2D eigenvalue weighted by atomic mass is 16.6. The van der Waals surface area contributed by atoms with Crippen molar-refractivity contribution >= 4 is 0 Å². The molecule has 0 saturated carbocycles. The van der Waals surface area contributed by atoms with Crippen molar-refractivity contribution in [3.8, 4) is 0 Å². The molecule has 1 unspecified atom stereocenters. The highest BCUT2D eigenvalue weighted by Crippen LogP contribution is 2.03. The van der Waals surface area contributed by atoms with Gasteiger partial charge >= 0.3 is 0 Å². The van der Waals surface area contributed by atoms with Gasteiger partial charge in [-0.1, -0.05) is 13.3 Å². The van der Waals surface area contributed by atoms with Gasteiger partial charge in [-0.2, -0.15) is 0 Å². The van der Waals surface area contributed by atoms with Crippen LogP contribution < -0.4 is 0 Å². The normalized spacial score (nSPS) is 25.9. The third-order valence-corrected chi connectivity index (χ3v) is 2.98. The lowest BCUT2D eigenvalue weighted by molar-refractivity contribution is -0.0624. The predicted octanol–water partition coefficient (Wildman–Crippen LogP) is 1.27. The quantitative estimate of drug-likeness (QED) is 0.766. The molecule has 1 aliphatic rings. The molecular formula is C15H30O6. The molecule has 0 amide bonds. The molecule has 0 aromatic carbocycles. The van der Waals surface area contributed by atoms with E-state index in [1.165, 1.54) is 0 Å². The zero-order valence-electron chi connectivity index (χ0n) is 13.2. The molecule has 1 fully saturated rings. The largest absolute Gasteiger partial charge is 0.377 e. The van der Waals surface area contributed by atoms with Crippen LogP contribution in [0.25, 0.3) is 0 Å². The lowest BCUT2D eigenvalue weighted by atomic mass is 10.2. The van der Waals surface area contributed by atoms with Gasteiger partial charge in [0.1, 0.15) is 0 Å². The van der Waals surface area contributed by atoms with Crippen LogP contribution in [0, 0.1) is 0 Å². The van der Waals surface area contributed by atoms with E-state index in [1.54, 1.807) is 0 Å². The Hall–Kier alpha value is -0.240. The maximum Gasteiger partial charge on any atom is 0.0809 e. The Morgan fingerprint density at radius 2 is 1.05 bits per heavy atom. The fourth-order valence-electron chi connectivity index (χ4n) is 1.90. The Morgan fingerprint density at radius 3 is 1.52 bits per heavy atom. The van der Waals surface area contributed by atoms with Gasteiger partial charge in [0.05, 0.1) is 78.8 Å². The van der Waals surface area contributed by atoms with Crippen LogP contribution in [-0.2, 0) is 28.4 Å². The van der Waals surface area contributed by atoms with Gasteiger partial charge in [-0.25, -0.2) is 0 Å². The lowest BCUT2D eigenvalue weighted by Crippen LogP contribution is -2.24. The minimum absolute atomic E-state index is 0.136. The Labute approximate surface area is 128 Å². The van der Waals surface area contributed by atoms with Gasteiger partial charge in [-0.3, -0.25) is 0 Å². The molecule has 0 bridgehead atoms. The van der Waals surface area contributed by atoms with Gasteiger partial charge in [-0.05, 0) is 6.42 Å². The molecule has 0 aliphatic carbocycles. The molecule has 0 N–H and O–H groups in total. The Kier molecular flexibility index (Phi) is 13.2. The molecule has 1 saturated heterocycles. The van der Waals surface area contributed by atoms with E-state index in [0.717, 1.165) is 12.8 Å². The zero-order valence-corrected chi connectivity index (χ0v) is 13.2. The van der Waals surface area contributed by atoms with Crippen molar-refractivity contribution in [1.82, 2.24) is 0 Å². The van der Waals surface area contributed by atoms with E-state index in [1.807, 2.05) is 0 Å². The number of hydrogen-bond donors (Lipinski definition) is 0. The Bertz CT molecular complexity index is 196. The highest BCUT2D eigenvalue weighted by molar-refractivity contribution is 4.56. The summed E-state index contributed by atoms with van der Waals surface area (Å²) in [5.74, 6) is 0. The molecule has 0 aromatic heterocycles. The summed E-state index contributed by atoms with van der Waals surface area (Å²) >= 11 is 0. The van der Waals surface area contributed by atoms with Crippen LogP contribution in [0.1, 0.15) is 19.8 Å². The first-order chi connectivity index (χ1) is 10.4. The Balaban J connectivity index is 2.18. The summed E-state index contributed by atoms with van der Waals surface area (Å²) in [5, 5.41) is 0. The van der Waals surface area contributed by atoms with Crippen molar-refractivity contribution in [2.24, 2.45) is 0 Å². The first kappa shape index (κ1) is 18.8. The average molecular weight is 306 g/mol. The van der Waals surface area contributed by atoms with Gasteiger partial charge < -0.3 is 28.4 Å². The van der Waals surface area contributed by atoms with Gasteiger partial charge in [0, 0.05) is 0 Å². The van der Waals surface area contributed by atoms with E-state index in [4.69, 9.17) is 28.4 Å². The van der Waals surface area contributed by atoms with E-state index in [-0.39, 0.29) is 6.10 Å². The molecule has 1 atom stereocenters. The first-order valence-electron chi connectivity index (χ1n) is 7.93. The van der Waals surface area contributed by atoms with Crippen LogP contribution in [0.5, 0.6) is 0 Å². The second kappa shape index (κ2) is 14.7. The zero-order chi connectivity index (χ0) is 15.0. The maximum atomic E-state index is 5.78. The maximum absolute atomic E-state index is 5.78. The molecule has 0 spiro atoms. The molecule has 6 nitrogen and oxygen atoms in total. The SMILES string of the molecule is CCCC1COCCOCCOCCOCCOCCO1. The fraction of sp³-hybridized carbons (Fsp3) is 1.00. The van der Waals surface area contributed by atoms with Crippen molar-refractivity contribution in [2.45, 2.75) is 25.9 Å². The van der Waals surface area contributed by atoms with E-state index in [9.17, 15) is 0 Å². The van der Waals surface area contributed by atoms with E-state index < -0.39 is 0 Å². The summed E-state index contributed by atoms with van der Waals surface area (Å²) in [7, 11) is 0. The van der Waals surface area contributed by atoms with Crippen molar-refractivity contribution < 1.29 is 28.4 Å². The van der Waals surface area contributed by atoms with Crippen LogP contribution in [0.2, 0.25) is 0 Å². The van der Waals surface area contributed by atoms with Crippen molar-refractivity contribution in [3.05, 3.63) is 0 Å². The molecule has 0 radical (unpaired) electrons. The lowest BCUT2D eigenvalue weighted by Gasteiger charge is -2.18. The predicted molar refractivity (Wildman–Crippen MR) is 78.7 cm³/mol. The van der Waals surface area contributed by atoms with Crippen LogP contribution >= 0.6 is 0 Å². The van der Waals surface area contributed by atoms with Gasteiger partial charge in [0.15, 0.2) is 0 Å². The third-order valence-electron chi connectivity index (χ3n) is 2.98. The topological polar surface area (TPSA) is 55.4 Å². The summed E-state index contributed by atoms with van der Waals surface area (Å²) in [5.41, 5.74) is 0. The average Bonchev–Trinajstić information content (AvgIpc) is 2.49. The van der Waals surface area contributed by atoms with Gasteiger partial charge in [0.2, 0.25) is 0 Å². The standard InChI is InChI=1S/C15H30O6/c1-2-3-15-14-20-11-10-18-7-6-16-4-5-17-8-9-19-12-13-21-15/h15H,2-14H2,1H3. The van der Waals surface area contributed by atoms with E-state index in [2.05, 4.69) is 6.92 Å². The molecule has 1 aliphatic heterocycles. The summed E-state index contributed by atoms with van der Waals surface area (Å²) < 4.78 is 33.0. The first-order valence-corrected chi connectivity index (χ1v) is 7.93. The number of rotatable bonds is 2. The minimum atomic E-state index is 0.136. The van der Waals surface area contributed by atoms with Crippen molar-refractivity contribution in [1.29, 1.82) is 0 Å². The molecule has 1 heterocycles. The van der Waals surface area contributed by atoms with Gasteiger partial charge in [0.25, 0.3) is 0 Å². The Morgan fingerprint density at radius 1 is 0.619 bits per heavy atom. The monoisotopic (exact) mass is 306 g/mol. The summed E-state index contributed by atoms with van der Waals surface area (Å²) in [6, 6.07) is 0. The molecule has 1 rings (SSSR count). The van der Waals surface area contributed by atoms with E-state index >= 15 is 0 Å². The van der Waals surface area contributed by atoms with Crippen LogP contribution in [0.3, 0.4) is 0 Å². The van der Waals surface area contributed by atoms with Crippen LogP contribution in [0.4, 0.5) is 0 Å². The summed E-state index contributed by atoms with van der Waals surface area (Å²) in [4.78, 5) is 0. The summed E-state index contributed by atoms with van der Waals surface area (Å²) in [6.45, 7) is 8.61. The second-order valence-electron chi connectivity index (χ2n) is 4.81. The minimum Gasteiger partial charge on any atom is -0.377 e.